The first kappa shape index (κ1) is 45.3. The lowest BCUT2D eigenvalue weighted by molar-refractivity contribution is 0.122. The molecule has 4 aliphatic heterocycles. The van der Waals surface area contributed by atoms with Crippen molar-refractivity contribution >= 4 is 85.0 Å². The summed E-state index contributed by atoms with van der Waals surface area (Å²) in [6.45, 7) is 30.6. The third-order valence-corrected chi connectivity index (χ3v) is 14.3. The van der Waals surface area contributed by atoms with Crippen LogP contribution in [0.2, 0.25) is 15.1 Å². The molecule has 0 atom stereocenters. The van der Waals surface area contributed by atoms with E-state index in [2.05, 4.69) is 116 Å². The van der Waals surface area contributed by atoms with Gasteiger partial charge in [0.1, 0.15) is 0 Å². The molecule has 6 heterocycles. The van der Waals surface area contributed by atoms with E-state index in [1.54, 1.807) is 0 Å². The monoisotopic (exact) mass is 906 g/mol. The van der Waals surface area contributed by atoms with Crippen LogP contribution in [0.25, 0.3) is 21.8 Å². The maximum atomic E-state index is 6.65. The molecule has 2 aromatic heterocycles. The van der Waals surface area contributed by atoms with Crippen molar-refractivity contribution in [3.63, 3.8) is 0 Å². The second-order valence-electron chi connectivity index (χ2n) is 18.9. The van der Waals surface area contributed by atoms with Gasteiger partial charge in [0, 0.05) is 95.0 Å². The Labute approximate surface area is 388 Å². The van der Waals surface area contributed by atoms with Crippen LogP contribution < -0.4 is 20.0 Å². The first-order valence-electron chi connectivity index (χ1n) is 22.2. The number of aromatic nitrogens is 2. The van der Waals surface area contributed by atoms with Gasteiger partial charge in [0.05, 0.1) is 58.2 Å². The van der Waals surface area contributed by atoms with Gasteiger partial charge in [-0.2, -0.15) is 0 Å². The van der Waals surface area contributed by atoms with E-state index >= 15 is 0 Å². The van der Waals surface area contributed by atoms with Gasteiger partial charge in [-0.05, 0) is 123 Å². The molecule has 2 fully saturated rings. The number of morpholine rings is 2. The van der Waals surface area contributed by atoms with Crippen molar-refractivity contribution in [2.75, 3.05) is 85.7 Å². The minimum Gasteiger partial charge on any atom is -0.384 e. The Balaban J connectivity index is 0.000000143. The smallest absolute Gasteiger partial charge is 0.0912 e. The van der Waals surface area contributed by atoms with E-state index in [0.29, 0.717) is 5.02 Å². The molecule has 0 radical (unpaired) electrons. The number of hydrogen-bond donors (Lipinski definition) is 1. The van der Waals surface area contributed by atoms with E-state index in [4.69, 9.17) is 49.3 Å². The molecular weight excluding hydrogens is 847 g/mol. The molecule has 0 bridgehead atoms. The van der Waals surface area contributed by atoms with Gasteiger partial charge in [-0.1, -0.05) is 74.6 Å². The Kier molecular flexibility index (Phi) is 12.9. The molecule has 0 amide bonds. The Morgan fingerprint density at radius 1 is 0.587 bits per heavy atom. The van der Waals surface area contributed by atoms with Crippen molar-refractivity contribution in [3.05, 3.63) is 121 Å². The van der Waals surface area contributed by atoms with Gasteiger partial charge in [-0.25, -0.2) is 0 Å². The Morgan fingerprint density at radius 2 is 1.10 bits per heavy atom. The molecule has 0 spiro atoms. The Hall–Kier alpha value is -4.31. The average molecular weight is 908 g/mol. The molecule has 0 unspecified atom stereocenters. The third kappa shape index (κ3) is 9.04. The van der Waals surface area contributed by atoms with Crippen molar-refractivity contribution in [1.82, 2.24) is 9.97 Å². The summed E-state index contributed by atoms with van der Waals surface area (Å²) < 4.78 is 11.0. The first-order chi connectivity index (χ1) is 29.9. The van der Waals surface area contributed by atoms with Gasteiger partial charge in [-0.15, -0.1) is 0 Å². The summed E-state index contributed by atoms with van der Waals surface area (Å²) in [5.41, 5.74) is 17.7. The van der Waals surface area contributed by atoms with Crippen molar-refractivity contribution < 1.29 is 9.47 Å². The lowest BCUT2D eigenvalue weighted by atomic mass is 9.87. The van der Waals surface area contributed by atoms with E-state index in [9.17, 15) is 0 Å². The van der Waals surface area contributed by atoms with Crippen molar-refractivity contribution in [1.29, 1.82) is 0 Å². The van der Waals surface area contributed by atoms with Crippen LogP contribution in [0.15, 0.2) is 60.7 Å². The summed E-state index contributed by atoms with van der Waals surface area (Å²) in [6.07, 6.45) is 0. The molecule has 4 aliphatic rings. The number of hydrogen-bond acceptors (Lipinski definition) is 8. The fraction of sp³-hybridized carbons (Fsp3) is 0.423. The molecule has 63 heavy (non-hydrogen) atoms. The van der Waals surface area contributed by atoms with Gasteiger partial charge in [0.15, 0.2) is 0 Å². The van der Waals surface area contributed by atoms with Crippen molar-refractivity contribution in [3.8, 4) is 0 Å². The van der Waals surface area contributed by atoms with Crippen LogP contribution >= 0.6 is 34.8 Å². The van der Waals surface area contributed by atoms with E-state index < -0.39 is 0 Å². The second kappa shape index (κ2) is 17.9. The number of anilines is 5. The lowest BCUT2D eigenvalue weighted by Gasteiger charge is -2.30. The molecule has 6 aromatic rings. The van der Waals surface area contributed by atoms with Crippen LogP contribution in [0.5, 0.6) is 0 Å². The SMILES string of the molecule is CC1(C)CNc2cc(N3CCOCC3)ccc21.Cc1cc(Cl)c2nc(C)c(C)c(Cl)c2c1.Cc1cc(Cl)c2nc(C)c(C)c(N3CC(C)(C)c4ccc(N5CCOCC5)cc43)c2c1. The van der Waals surface area contributed by atoms with Crippen molar-refractivity contribution in [2.24, 2.45) is 0 Å². The van der Waals surface area contributed by atoms with E-state index in [-0.39, 0.29) is 10.8 Å². The predicted octanol–water partition coefficient (Wildman–Crippen LogP) is 12.8. The molecule has 4 aromatic carbocycles. The summed E-state index contributed by atoms with van der Waals surface area (Å²) in [5, 5.41) is 7.72. The van der Waals surface area contributed by atoms with Crippen LogP contribution in [0.4, 0.5) is 28.4 Å². The number of pyridine rings is 2. The highest BCUT2D eigenvalue weighted by molar-refractivity contribution is 6.39. The van der Waals surface area contributed by atoms with Gasteiger partial charge in [0.25, 0.3) is 0 Å². The van der Waals surface area contributed by atoms with Gasteiger partial charge < -0.3 is 29.5 Å². The first-order valence-corrected chi connectivity index (χ1v) is 23.3. The second-order valence-corrected chi connectivity index (χ2v) is 20.1. The standard InChI is InChI=1S/C26H30ClN3O.C14H20N2O.C12H11Cl2N/c1-16-12-20-24(22(27)13-16)28-18(3)17(2)25(20)30-15-26(4,5)21-7-6-19(14-23(21)30)29-8-10-31-11-9-29;1-14(2)10-15-13-9-11(3-4-12(13)14)16-5-7-17-8-6-16;1-6-4-9-11(14)7(2)8(3)15-12(9)10(13)5-6/h6-7,12-14H,8-11,15H2,1-5H3;3-4,9,15H,5-8,10H2,1-2H3;4-5H,1-3H3. The zero-order valence-electron chi connectivity index (χ0n) is 38.5. The van der Waals surface area contributed by atoms with E-state index in [1.165, 1.54) is 45.1 Å². The maximum absolute atomic E-state index is 6.65. The molecule has 1 N–H and O–H groups in total. The lowest BCUT2D eigenvalue weighted by Crippen LogP contribution is -2.36. The summed E-state index contributed by atoms with van der Waals surface area (Å²) in [6, 6.07) is 21.9. The predicted molar refractivity (Wildman–Crippen MR) is 267 cm³/mol. The number of fused-ring (bicyclic) bond motifs is 4. The zero-order chi connectivity index (χ0) is 45.0. The zero-order valence-corrected chi connectivity index (χ0v) is 40.8. The summed E-state index contributed by atoms with van der Waals surface area (Å²) in [7, 11) is 0. The summed E-state index contributed by atoms with van der Waals surface area (Å²) >= 11 is 19.1. The van der Waals surface area contributed by atoms with Crippen LogP contribution in [-0.4, -0.2) is 75.7 Å². The highest BCUT2D eigenvalue weighted by Crippen LogP contribution is 2.49. The number of benzene rings is 4. The van der Waals surface area contributed by atoms with Crippen LogP contribution in [0, 0.1) is 41.5 Å². The molecule has 11 heteroatoms. The van der Waals surface area contributed by atoms with Gasteiger partial charge >= 0.3 is 0 Å². The molecule has 332 valence electrons. The highest BCUT2D eigenvalue weighted by atomic mass is 35.5. The number of aryl methyl sites for hydroxylation is 4. The Bertz CT molecular complexity index is 2700. The molecule has 10 rings (SSSR count). The number of rotatable bonds is 3. The normalized spacial score (nSPS) is 17.4. The van der Waals surface area contributed by atoms with Crippen molar-refractivity contribution in [2.45, 2.75) is 80.1 Å². The van der Waals surface area contributed by atoms with Gasteiger partial charge in [-0.3, -0.25) is 9.97 Å². The largest absolute Gasteiger partial charge is 0.384 e. The fourth-order valence-electron chi connectivity index (χ4n) is 9.43. The third-order valence-electron chi connectivity index (χ3n) is 13.3. The molecule has 2 saturated heterocycles. The van der Waals surface area contributed by atoms with Crippen LogP contribution in [-0.2, 0) is 20.3 Å². The highest BCUT2D eigenvalue weighted by Gasteiger charge is 2.38. The Morgan fingerprint density at radius 3 is 1.68 bits per heavy atom. The van der Waals surface area contributed by atoms with E-state index in [1.807, 2.05) is 39.0 Å². The number of ether oxygens (including phenoxy) is 2. The average Bonchev–Trinajstić information content (AvgIpc) is 3.72. The quantitative estimate of drug-likeness (QED) is 0.188. The molecule has 0 saturated carbocycles. The number of nitrogens with one attached hydrogen (secondary N) is 1. The summed E-state index contributed by atoms with van der Waals surface area (Å²) in [4.78, 5) is 16.6. The minimum absolute atomic E-state index is 0.0580. The van der Waals surface area contributed by atoms with Gasteiger partial charge in [0.2, 0.25) is 0 Å². The molecule has 0 aliphatic carbocycles. The topological polar surface area (TPSA) is 66.0 Å². The maximum Gasteiger partial charge on any atom is 0.0912 e. The molecule has 8 nitrogen and oxygen atoms in total. The number of nitrogens with zero attached hydrogens (tertiary/aromatic N) is 5. The fourth-order valence-corrected chi connectivity index (χ4v) is 10.3. The van der Waals surface area contributed by atoms with E-state index in [0.717, 1.165) is 126 Å². The minimum atomic E-state index is 0.0580. The molecular formula is C52H61Cl3N6O2. The summed E-state index contributed by atoms with van der Waals surface area (Å²) in [5.74, 6) is 0. The van der Waals surface area contributed by atoms with Crippen LogP contribution in [0.1, 0.15) is 72.5 Å². The van der Waals surface area contributed by atoms with Crippen LogP contribution in [0.3, 0.4) is 0 Å². The number of halogens is 3.